The number of aromatic amines is 1. The van der Waals surface area contributed by atoms with Crippen molar-refractivity contribution in [1.29, 1.82) is 0 Å². The van der Waals surface area contributed by atoms with Gasteiger partial charge in [-0.15, -0.1) is 0 Å². The van der Waals surface area contributed by atoms with E-state index in [1.807, 2.05) is 34.9 Å². The number of rotatable bonds is 1. The van der Waals surface area contributed by atoms with Crippen molar-refractivity contribution in [3.05, 3.63) is 51.3 Å². The molecule has 2 aromatic heterocycles. The third-order valence-corrected chi connectivity index (χ3v) is 4.07. The van der Waals surface area contributed by atoms with Crippen LogP contribution in [0.25, 0.3) is 16.9 Å². The van der Waals surface area contributed by atoms with E-state index in [0.29, 0.717) is 4.77 Å². The van der Waals surface area contributed by atoms with Gasteiger partial charge in [-0.2, -0.15) is 0 Å². The smallest absolute Gasteiger partial charge is 0.184 e. The molecule has 0 aliphatic rings. The average Bonchev–Trinajstić information content (AvgIpc) is 2.69. The van der Waals surface area contributed by atoms with Gasteiger partial charge in [0.25, 0.3) is 0 Å². The second-order valence-corrected chi connectivity index (χ2v) is 5.27. The number of hydrogen-bond donors (Lipinski definition) is 1. The van der Waals surface area contributed by atoms with Gasteiger partial charge in [0.05, 0.1) is 11.2 Å². The molecular weight excluding hydrogens is 310 g/mol. The Morgan fingerprint density at radius 2 is 2.11 bits per heavy atom. The molecule has 0 atom stereocenters. The fourth-order valence-corrected chi connectivity index (χ4v) is 2.65. The Hall–Kier alpha value is -1.46. The largest absolute Gasteiger partial charge is 0.329 e. The van der Waals surface area contributed by atoms with Gasteiger partial charge in [0.2, 0.25) is 0 Å². The van der Waals surface area contributed by atoms with Crippen LogP contribution in [-0.4, -0.2) is 14.5 Å². The van der Waals surface area contributed by atoms with Crippen molar-refractivity contribution in [2.24, 2.45) is 0 Å². The second kappa shape index (κ2) is 4.33. The van der Waals surface area contributed by atoms with Crippen molar-refractivity contribution in [2.45, 2.75) is 6.92 Å². The lowest BCUT2D eigenvalue weighted by atomic mass is 10.2. The summed E-state index contributed by atoms with van der Waals surface area (Å²) in [7, 11) is 0. The number of nitrogens with zero attached hydrogens (tertiary/aromatic N) is 2. The first-order chi connectivity index (χ1) is 8.68. The van der Waals surface area contributed by atoms with E-state index < -0.39 is 0 Å². The fourth-order valence-electron chi connectivity index (χ4n) is 2.00. The molecule has 1 N–H and O–H groups in total. The van der Waals surface area contributed by atoms with E-state index in [2.05, 4.69) is 32.8 Å². The van der Waals surface area contributed by atoms with Crippen molar-refractivity contribution in [3.63, 3.8) is 0 Å². The van der Waals surface area contributed by atoms with Crippen molar-refractivity contribution >= 4 is 39.3 Å². The number of pyridine rings is 1. The van der Waals surface area contributed by atoms with E-state index in [1.54, 1.807) is 6.20 Å². The summed E-state index contributed by atoms with van der Waals surface area (Å²) >= 11 is 8.93. The van der Waals surface area contributed by atoms with Crippen LogP contribution in [0.15, 0.2) is 41.0 Å². The number of halogens is 1. The number of imidazole rings is 1. The van der Waals surface area contributed by atoms with Crippen LogP contribution < -0.4 is 0 Å². The van der Waals surface area contributed by atoms with E-state index in [-0.39, 0.29) is 0 Å². The van der Waals surface area contributed by atoms with Gasteiger partial charge in [-0.25, -0.2) is 4.98 Å². The molecule has 0 amide bonds. The molecule has 90 valence electrons. The zero-order valence-electron chi connectivity index (χ0n) is 9.64. The van der Waals surface area contributed by atoms with Crippen LogP contribution in [0.4, 0.5) is 0 Å². The topological polar surface area (TPSA) is 33.6 Å². The predicted molar refractivity (Wildman–Crippen MR) is 78.7 cm³/mol. The maximum absolute atomic E-state index is 5.39. The van der Waals surface area contributed by atoms with Crippen molar-refractivity contribution < 1.29 is 0 Å². The van der Waals surface area contributed by atoms with Gasteiger partial charge in [0.15, 0.2) is 10.4 Å². The molecule has 0 bridgehead atoms. The highest BCUT2D eigenvalue weighted by molar-refractivity contribution is 9.10. The number of benzene rings is 1. The molecule has 1 aromatic carbocycles. The minimum atomic E-state index is 0.657. The molecule has 0 fully saturated rings. The Morgan fingerprint density at radius 3 is 2.94 bits per heavy atom. The van der Waals surface area contributed by atoms with Crippen molar-refractivity contribution in [2.75, 3.05) is 0 Å². The van der Waals surface area contributed by atoms with E-state index in [4.69, 9.17) is 12.2 Å². The van der Waals surface area contributed by atoms with Crippen molar-refractivity contribution in [3.8, 4) is 5.69 Å². The molecule has 3 aromatic rings. The molecule has 0 unspecified atom stereocenters. The van der Waals surface area contributed by atoms with Crippen LogP contribution in [-0.2, 0) is 0 Å². The van der Waals surface area contributed by atoms with E-state index in [9.17, 15) is 0 Å². The summed E-state index contributed by atoms with van der Waals surface area (Å²) < 4.78 is 3.68. The van der Waals surface area contributed by atoms with Gasteiger partial charge in [0, 0.05) is 10.7 Å². The van der Waals surface area contributed by atoms with Gasteiger partial charge in [-0.3, -0.25) is 4.57 Å². The highest BCUT2D eigenvalue weighted by Crippen LogP contribution is 2.25. The first-order valence-corrected chi connectivity index (χ1v) is 6.70. The normalized spacial score (nSPS) is 11.0. The first-order valence-electron chi connectivity index (χ1n) is 5.50. The first kappa shape index (κ1) is 11.6. The van der Waals surface area contributed by atoms with Crippen LogP contribution in [0.1, 0.15) is 5.56 Å². The minimum Gasteiger partial charge on any atom is -0.329 e. The summed E-state index contributed by atoms with van der Waals surface area (Å²) in [4.78, 5) is 7.57. The van der Waals surface area contributed by atoms with Gasteiger partial charge in [-0.05, 0) is 49.0 Å². The highest BCUT2D eigenvalue weighted by Gasteiger charge is 2.10. The third-order valence-electron chi connectivity index (χ3n) is 2.92. The van der Waals surface area contributed by atoms with Gasteiger partial charge in [0.1, 0.15) is 0 Å². The van der Waals surface area contributed by atoms with E-state index in [0.717, 1.165) is 26.9 Å². The molecule has 18 heavy (non-hydrogen) atoms. The Balaban J connectivity index is 2.42. The standard InChI is InChI=1S/C13H10BrN3S/c1-8-9(14)4-2-6-11(8)17-12-10(16-13(17)18)5-3-7-15-12/h2-7H,1H3,(H,16,18). The minimum absolute atomic E-state index is 0.657. The number of H-pyrrole nitrogens is 1. The SMILES string of the molecule is Cc1c(Br)cccc1-n1c(=S)[nH]c2cccnc21. The van der Waals surface area contributed by atoms with Crippen LogP contribution >= 0.6 is 28.1 Å². The summed E-state index contributed by atoms with van der Waals surface area (Å²) in [5.41, 5.74) is 3.98. The van der Waals surface area contributed by atoms with E-state index >= 15 is 0 Å². The molecule has 0 spiro atoms. The molecule has 2 heterocycles. The number of hydrogen-bond acceptors (Lipinski definition) is 2. The van der Waals surface area contributed by atoms with E-state index in [1.165, 1.54) is 0 Å². The van der Waals surface area contributed by atoms with Crippen LogP contribution in [0.3, 0.4) is 0 Å². The lowest BCUT2D eigenvalue weighted by Crippen LogP contribution is -1.98. The molecule has 0 radical (unpaired) electrons. The zero-order chi connectivity index (χ0) is 12.7. The average molecular weight is 320 g/mol. The Morgan fingerprint density at radius 1 is 1.28 bits per heavy atom. The van der Waals surface area contributed by atoms with Crippen LogP contribution in [0.5, 0.6) is 0 Å². The molecule has 3 rings (SSSR count). The molecular formula is C13H10BrN3S. The lowest BCUT2D eigenvalue weighted by molar-refractivity contribution is 1.03. The molecule has 0 aliphatic carbocycles. The monoisotopic (exact) mass is 319 g/mol. The number of nitrogens with one attached hydrogen (secondary N) is 1. The molecule has 5 heteroatoms. The van der Waals surface area contributed by atoms with Crippen LogP contribution in [0.2, 0.25) is 0 Å². The molecule has 0 aliphatic heterocycles. The maximum Gasteiger partial charge on any atom is 0.184 e. The van der Waals surface area contributed by atoms with Gasteiger partial charge >= 0.3 is 0 Å². The predicted octanol–water partition coefficient (Wildman–Crippen LogP) is 4.15. The zero-order valence-corrected chi connectivity index (χ0v) is 12.0. The summed E-state index contributed by atoms with van der Waals surface area (Å²) in [6.45, 7) is 2.06. The highest BCUT2D eigenvalue weighted by atomic mass is 79.9. The Labute approximate surface area is 118 Å². The summed E-state index contributed by atoms with van der Waals surface area (Å²) in [5, 5.41) is 0. The molecule has 3 nitrogen and oxygen atoms in total. The summed E-state index contributed by atoms with van der Waals surface area (Å²) in [6.07, 6.45) is 1.77. The lowest BCUT2D eigenvalue weighted by Gasteiger charge is -2.09. The number of fused-ring (bicyclic) bond motifs is 1. The van der Waals surface area contributed by atoms with Crippen molar-refractivity contribution in [1.82, 2.24) is 14.5 Å². The maximum atomic E-state index is 5.39. The van der Waals surface area contributed by atoms with Crippen LogP contribution in [0, 0.1) is 11.7 Å². The third kappa shape index (κ3) is 1.71. The molecule has 0 saturated carbocycles. The van der Waals surface area contributed by atoms with Gasteiger partial charge < -0.3 is 4.98 Å². The quantitative estimate of drug-likeness (QED) is 0.683. The summed E-state index contributed by atoms with van der Waals surface area (Å²) in [5.74, 6) is 0. The Kier molecular flexibility index (Phi) is 2.80. The number of aromatic nitrogens is 3. The summed E-state index contributed by atoms with van der Waals surface area (Å²) in [6, 6.07) is 9.92. The molecule has 0 saturated heterocycles. The Bertz CT molecular complexity index is 788. The fraction of sp³-hybridized carbons (Fsp3) is 0.0769. The second-order valence-electron chi connectivity index (χ2n) is 4.02. The van der Waals surface area contributed by atoms with Gasteiger partial charge in [-0.1, -0.05) is 22.0 Å².